The fourth-order valence-electron chi connectivity index (χ4n) is 3.94. The fraction of sp³-hybridized carbons (Fsp3) is 0.300. The number of hydrogen-bond donors (Lipinski definition) is 4. The highest BCUT2D eigenvalue weighted by atomic mass is 35.5. The Kier molecular flexibility index (Phi) is 5.78. The molecule has 0 spiro atoms. The Morgan fingerprint density at radius 1 is 1.40 bits per heavy atom. The minimum absolute atomic E-state index is 0.170. The van der Waals surface area contributed by atoms with Crippen LogP contribution in [-0.2, 0) is 11.2 Å². The first-order valence-corrected chi connectivity index (χ1v) is 10.9. The first-order chi connectivity index (χ1) is 14.3. The average molecular weight is 467 g/mol. The minimum Gasteiger partial charge on any atom is -0.382 e. The molecule has 3 aromatic rings. The maximum absolute atomic E-state index is 13.0. The fourth-order valence-corrected chi connectivity index (χ4v) is 5.42. The van der Waals surface area contributed by atoms with Crippen LogP contribution in [0, 0.1) is 0 Å². The van der Waals surface area contributed by atoms with Crippen molar-refractivity contribution in [1.82, 2.24) is 15.2 Å². The van der Waals surface area contributed by atoms with Gasteiger partial charge in [0.05, 0.1) is 27.3 Å². The number of hydrogen-bond acceptors (Lipinski definition) is 5. The normalized spacial score (nSPS) is 19.0. The summed E-state index contributed by atoms with van der Waals surface area (Å²) in [5, 5.41) is 13.3. The third-order valence-electron chi connectivity index (χ3n) is 5.40. The number of carbonyl (C=O) groups excluding carboxylic acids is 2. The van der Waals surface area contributed by atoms with Crippen molar-refractivity contribution in [2.45, 2.75) is 24.6 Å². The average Bonchev–Trinajstić information content (AvgIpc) is 3.39. The summed E-state index contributed by atoms with van der Waals surface area (Å²) in [5.74, 6) is -0.797. The molecule has 30 heavy (non-hydrogen) atoms. The van der Waals surface area contributed by atoms with Gasteiger partial charge in [-0.05, 0) is 23.6 Å². The number of nitrogens with two attached hydrogens (primary N) is 1. The van der Waals surface area contributed by atoms with Crippen LogP contribution >= 0.6 is 34.5 Å². The number of H-pyrrole nitrogens is 1. The number of likely N-dealkylation sites (N-methyl/N-ethyl adjacent to an activating group) is 1. The maximum atomic E-state index is 13.0. The predicted molar refractivity (Wildman–Crippen MR) is 118 cm³/mol. The van der Waals surface area contributed by atoms with Gasteiger partial charge in [-0.2, -0.15) is 0 Å². The van der Waals surface area contributed by atoms with Gasteiger partial charge < -0.3 is 26.0 Å². The van der Waals surface area contributed by atoms with Crippen molar-refractivity contribution in [2.24, 2.45) is 5.73 Å². The molecule has 0 aliphatic heterocycles. The number of benzene rings is 1. The lowest BCUT2D eigenvalue weighted by Gasteiger charge is -2.32. The number of amides is 2. The van der Waals surface area contributed by atoms with E-state index in [2.05, 4.69) is 10.3 Å². The molecule has 0 bridgehead atoms. The van der Waals surface area contributed by atoms with Crippen molar-refractivity contribution in [2.75, 3.05) is 13.6 Å². The number of nitrogens with zero attached hydrogens (tertiary/aromatic N) is 1. The van der Waals surface area contributed by atoms with Gasteiger partial charge in [0.25, 0.3) is 11.8 Å². The van der Waals surface area contributed by atoms with Gasteiger partial charge in [0, 0.05) is 13.6 Å². The van der Waals surface area contributed by atoms with E-state index in [0.29, 0.717) is 27.0 Å². The van der Waals surface area contributed by atoms with E-state index in [-0.39, 0.29) is 18.5 Å². The van der Waals surface area contributed by atoms with Crippen LogP contribution in [-0.4, -0.2) is 52.5 Å². The summed E-state index contributed by atoms with van der Waals surface area (Å²) in [7, 11) is 1.61. The molecule has 158 valence electrons. The number of carbonyl (C=O) groups is 2. The SMILES string of the molecule is CN(C(=O)[C@@H](O)CN)[C@@H]1c2ccccc2C[C@H]1NC(=O)c1cc2sc(Cl)c(Cl)c2[nH]1. The van der Waals surface area contributed by atoms with Crippen LogP contribution in [0.4, 0.5) is 0 Å². The predicted octanol–water partition coefficient (Wildman–Crippen LogP) is 2.71. The molecule has 5 N–H and O–H groups in total. The van der Waals surface area contributed by atoms with E-state index < -0.39 is 18.1 Å². The lowest BCUT2D eigenvalue weighted by molar-refractivity contribution is -0.141. The van der Waals surface area contributed by atoms with Gasteiger partial charge in [-0.3, -0.25) is 9.59 Å². The highest BCUT2D eigenvalue weighted by Crippen LogP contribution is 2.39. The zero-order chi connectivity index (χ0) is 21.6. The number of aromatic amines is 1. The Morgan fingerprint density at radius 2 is 2.13 bits per heavy atom. The molecule has 3 atom stereocenters. The van der Waals surface area contributed by atoms with Crippen LogP contribution in [0.15, 0.2) is 30.3 Å². The highest BCUT2D eigenvalue weighted by molar-refractivity contribution is 7.23. The molecule has 10 heteroatoms. The molecule has 0 radical (unpaired) electrons. The van der Waals surface area contributed by atoms with Gasteiger partial charge in [0.2, 0.25) is 0 Å². The second kappa shape index (κ2) is 8.20. The molecule has 0 unspecified atom stereocenters. The number of fused-ring (bicyclic) bond motifs is 2. The van der Waals surface area contributed by atoms with Gasteiger partial charge in [0.15, 0.2) is 0 Å². The Hall–Kier alpha value is -2.10. The van der Waals surface area contributed by atoms with E-state index in [4.69, 9.17) is 28.9 Å². The Bertz CT molecular complexity index is 1130. The smallest absolute Gasteiger partial charge is 0.268 e. The van der Waals surface area contributed by atoms with Crippen molar-refractivity contribution in [3.05, 3.63) is 56.5 Å². The number of nitrogens with one attached hydrogen (secondary N) is 2. The second-order valence-electron chi connectivity index (χ2n) is 7.24. The van der Waals surface area contributed by atoms with Gasteiger partial charge in [-0.15, -0.1) is 11.3 Å². The van der Waals surface area contributed by atoms with Crippen molar-refractivity contribution in [3.63, 3.8) is 0 Å². The van der Waals surface area contributed by atoms with Gasteiger partial charge in [-0.25, -0.2) is 0 Å². The van der Waals surface area contributed by atoms with Gasteiger partial charge >= 0.3 is 0 Å². The molecule has 1 aliphatic rings. The number of aliphatic hydroxyl groups is 1. The molecule has 0 saturated heterocycles. The number of thiophene rings is 1. The first kappa shape index (κ1) is 21.1. The van der Waals surface area contributed by atoms with Crippen LogP contribution in [0.1, 0.15) is 27.7 Å². The summed E-state index contributed by atoms with van der Waals surface area (Å²) in [6.07, 6.45) is -0.730. The number of aliphatic hydroxyl groups excluding tert-OH is 1. The van der Waals surface area contributed by atoms with E-state index in [1.807, 2.05) is 24.3 Å². The Labute approximate surface area is 186 Å². The molecule has 0 fully saturated rings. The van der Waals surface area contributed by atoms with Crippen LogP contribution < -0.4 is 11.1 Å². The van der Waals surface area contributed by atoms with E-state index in [9.17, 15) is 14.7 Å². The van der Waals surface area contributed by atoms with Crippen LogP contribution in [0.3, 0.4) is 0 Å². The standard InChI is InChI=1S/C20H20Cl2N4O3S/c1-26(20(29)13(27)8-23)17-10-5-3-2-4-9(10)6-11(17)25-19(28)12-7-14-16(24-12)15(21)18(22)30-14/h2-5,7,11,13,17,24,27H,6,8,23H2,1H3,(H,25,28)/t11-,13+,17-/m1/s1. The summed E-state index contributed by atoms with van der Waals surface area (Å²) >= 11 is 13.5. The third kappa shape index (κ3) is 3.59. The van der Waals surface area contributed by atoms with Gasteiger partial charge in [0.1, 0.15) is 16.1 Å². The summed E-state index contributed by atoms with van der Waals surface area (Å²) in [4.78, 5) is 30.0. The van der Waals surface area contributed by atoms with Crippen molar-refractivity contribution in [3.8, 4) is 0 Å². The van der Waals surface area contributed by atoms with Crippen LogP contribution in [0.25, 0.3) is 10.2 Å². The van der Waals surface area contributed by atoms with E-state index in [1.165, 1.54) is 16.2 Å². The van der Waals surface area contributed by atoms with Gasteiger partial charge in [-0.1, -0.05) is 47.5 Å². The molecule has 0 saturated carbocycles. The number of aromatic nitrogens is 1. The van der Waals surface area contributed by atoms with Crippen LogP contribution in [0.5, 0.6) is 0 Å². The van der Waals surface area contributed by atoms with Crippen LogP contribution in [0.2, 0.25) is 9.36 Å². The summed E-state index contributed by atoms with van der Waals surface area (Å²) < 4.78 is 1.26. The Balaban J connectivity index is 1.61. The van der Waals surface area contributed by atoms with Crippen molar-refractivity contribution < 1.29 is 14.7 Å². The molecule has 2 aromatic heterocycles. The zero-order valence-electron chi connectivity index (χ0n) is 16.0. The molecule has 4 rings (SSSR count). The Morgan fingerprint density at radius 3 is 2.83 bits per heavy atom. The largest absolute Gasteiger partial charge is 0.382 e. The third-order valence-corrected chi connectivity index (χ3v) is 7.33. The first-order valence-electron chi connectivity index (χ1n) is 9.31. The lowest BCUT2D eigenvalue weighted by atomic mass is 10.0. The molecular formula is C20H20Cl2N4O3S. The van der Waals surface area contributed by atoms with E-state index >= 15 is 0 Å². The zero-order valence-corrected chi connectivity index (χ0v) is 18.3. The molecule has 2 heterocycles. The quantitative estimate of drug-likeness (QED) is 0.462. The molecule has 1 aromatic carbocycles. The summed E-state index contributed by atoms with van der Waals surface area (Å²) in [6.45, 7) is -0.170. The molecular weight excluding hydrogens is 447 g/mol. The topological polar surface area (TPSA) is 111 Å². The molecule has 2 amide bonds. The van der Waals surface area contributed by atoms with Crippen molar-refractivity contribution >= 4 is 56.6 Å². The second-order valence-corrected chi connectivity index (χ2v) is 9.27. The molecule has 7 nitrogen and oxygen atoms in total. The van der Waals surface area contributed by atoms with E-state index in [0.717, 1.165) is 15.8 Å². The number of rotatable bonds is 5. The monoisotopic (exact) mass is 466 g/mol. The minimum atomic E-state index is -1.29. The van der Waals surface area contributed by atoms with Crippen molar-refractivity contribution in [1.29, 1.82) is 0 Å². The summed E-state index contributed by atoms with van der Waals surface area (Å²) in [6, 6.07) is 8.62. The number of halogens is 2. The maximum Gasteiger partial charge on any atom is 0.268 e. The summed E-state index contributed by atoms with van der Waals surface area (Å²) in [5.41, 5.74) is 8.42. The van der Waals surface area contributed by atoms with E-state index in [1.54, 1.807) is 13.1 Å². The lowest BCUT2D eigenvalue weighted by Crippen LogP contribution is -2.49. The highest BCUT2D eigenvalue weighted by Gasteiger charge is 2.39. The molecule has 1 aliphatic carbocycles.